The topological polar surface area (TPSA) is 38.3 Å². The second-order valence-electron chi connectivity index (χ2n) is 4.68. The highest BCUT2D eigenvalue weighted by Gasteiger charge is 2.09. The largest absolute Gasteiger partial charge is 0.494 e. The molecule has 0 heterocycles. The van der Waals surface area contributed by atoms with E-state index in [9.17, 15) is 9.18 Å². The van der Waals surface area contributed by atoms with Crippen molar-refractivity contribution in [2.75, 3.05) is 12.4 Å². The highest BCUT2D eigenvalue weighted by molar-refractivity contribution is 9.10. The lowest BCUT2D eigenvalue weighted by molar-refractivity contribution is -0.115. The third-order valence-corrected chi connectivity index (χ3v) is 3.64. The molecule has 1 N–H and O–H groups in total. The van der Waals surface area contributed by atoms with Crippen molar-refractivity contribution in [2.24, 2.45) is 0 Å². The van der Waals surface area contributed by atoms with Crippen molar-refractivity contribution in [1.29, 1.82) is 0 Å². The zero-order chi connectivity index (χ0) is 15.4. The summed E-state index contributed by atoms with van der Waals surface area (Å²) in [7, 11) is 1.40. The summed E-state index contributed by atoms with van der Waals surface area (Å²) in [6.07, 6.45) is 0.0984. The molecule has 1 amide bonds. The molecule has 0 aliphatic carbocycles. The van der Waals surface area contributed by atoms with E-state index in [4.69, 9.17) is 4.74 Å². The standard InChI is InChI=1S/C16H15BrFNO2/c1-10-3-5-14(12(17)7-10)19-16(20)9-11-4-6-15(21-2)13(18)8-11/h3-8H,9H2,1-2H3,(H,19,20). The molecule has 2 aromatic rings. The zero-order valence-corrected chi connectivity index (χ0v) is 13.3. The van der Waals surface area contributed by atoms with Crippen molar-refractivity contribution in [3.8, 4) is 5.75 Å². The van der Waals surface area contributed by atoms with E-state index in [2.05, 4.69) is 21.2 Å². The zero-order valence-electron chi connectivity index (χ0n) is 11.7. The van der Waals surface area contributed by atoms with E-state index in [1.54, 1.807) is 6.07 Å². The average molecular weight is 352 g/mol. The molecule has 21 heavy (non-hydrogen) atoms. The van der Waals surface area contributed by atoms with Crippen LogP contribution in [0.5, 0.6) is 5.75 Å². The molecule has 2 rings (SSSR count). The van der Waals surface area contributed by atoms with Gasteiger partial charge >= 0.3 is 0 Å². The Labute approximate surface area is 131 Å². The van der Waals surface area contributed by atoms with Crippen LogP contribution in [0, 0.1) is 12.7 Å². The number of carbonyl (C=O) groups is 1. The van der Waals surface area contributed by atoms with Crippen molar-refractivity contribution >= 4 is 27.5 Å². The fourth-order valence-corrected chi connectivity index (χ4v) is 2.51. The highest BCUT2D eigenvalue weighted by atomic mass is 79.9. The van der Waals surface area contributed by atoms with Gasteiger partial charge in [0.25, 0.3) is 0 Å². The lowest BCUT2D eigenvalue weighted by atomic mass is 10.1. The van der Waals surface area contributed by atoms with Crippen molar-refractivity contribution in [2.45, 2.75) is 13.3 Å². The first kappa shape index (κ1) is 15.5. The van der Waals surface area contributed by atoms with Crippen LogP contribution in [0.15, 0.2) is 40.9 Å². The average Bonchev–Trinajstić information content (AvgIpc) is 2.42. The Kier molecular flexibility index (Phi) is 4.96. The summed E-state index contributed by atoms with van der Waals surface area (Å²) in [5.74, 6) is -0.510. The Balaban J connectivity index is 2.06. The maximum absolute atomic E-state index is 13.6. The summed E-state index contributed by atoms with van der Waals surface area (Å²) in [6, 6.07) is 10.1. The summed E-state index contributed by atoms with van der Waals surface area (Å²) >= 11 is 3.40. The van der Waals surface area contributed by atoms with Crippen molar-refractivity contribution in [3.63, 3.8) is 0 Å². The van der Waals surface area contributed by atoms with E-state index in [-0.39, 0.29) is 18.1 Å². The number of hydrogen-bond acceptors (Lipinski definition) is 2. The van der Waals surface area contributed by atoms with Crippen LogP contribution in [0.1, 0.15) is 11.1 Å². The summed E-state index contributed by atoms with van der Waals surface area (Å²) < 4.78 is 19.2. The van der Waals surface area contributed by atoms with Crippen LogP contribution in [0.4, 0.5) is 10.1 Å². The number of anilines is 1. The van der Waals surface area contributed by atoms with Crippen LogP contribution < -0.4 is 10.1 Å². The number of halogens is 2. The Morgan fingerprint density at radius 1 is 1.29 bits per heavy atom. The minimum Gasteiger partial charge on any atom is -0.494 e. The maximum atomic E-state index is 13.6. The number of rotatable bonds is 4. The smallest absolute Gasteiger partial charge is 0.228 e. The van der Waals surface area contributed by atoms with Gasteiger partial charge in [0, 0.05) is 4.47 Å². The third-order valence-electron chi connectivity index (χ3n) is 2.98. The highest BCUT2D eigenvalue weighted by Crippen LogP contribution is 2.24. The summed E-state index contributed by atoms with van der Waals surface area (Å²) in [5, 5.41) is 2.79. The van der Waals surface area contributed by atoms with Gasteiger partial charge in [0.2, 0.25) is 5.91 Å². The van der Waals surface area contributed by atoms with Gasteiger partial charge in [-0.1, -0.05) is 12.1 Å². The molecule has 0 radical (unpaired) electrons. The second-order valence-corrected chi connectivity index (χ2v) is 5.53. The van der Waals surface area contributed by atoms with Crippen molar-refractivity contribution in [1.82, 2.24) is 0 Å². The molecular weight excluding hydrogens is 337 g/mol. The van der Waals surface area contributed by atoms with Gasteiger partial charge in [0.15, 0.2) is 11.6 Å². The summed E-state index contributed by atoms with van der Waals surface area (Å²) in [5.41, 5.74) is 2.38. The first-order valence-corrected chi connectivity index (χ1v) is 7.17. The first-order chi connectivity index (χ1) is 9.99. The van der Waals surface area contributed by atoms with E-state index in [0.29, 0.717) is 11.3 Å². The van der Waals surface area contributed by atoms with Gasteiger partial charge in [-0.3, -0.25) is 4.79 Å². The van der Waals surface area contributed by atoms with E-state index in [1.165, 1.54) is 19.2 Å². The molecule has 110 valence electrons. The van der Waals surface area contributed by atoms with E-state index >= 15 is 0 Å². The van der Waals surface area contributed by atoms with Crippen LogP contribution in [0.25, 0.3) is 0 Å². The van der Waals surface area contributed by atoms with Gasteiger partial charge in [-0.15, -0.1) is 0 Å². The number of aryl methyl sites for hydroxylation is 1. The lowest BCUT2D eigenvalue weighted by Crippen LogP contribution is -2.15. The van der Waals surface area contributed by atoms with Crippen LogP contribution in [0.2, 0.25) is 0 Å². The number of benzene rings is 2. The summed E-state index contributed by atoms with van der Waals surface area (Å²) in [4.78, 5) is 12.0. The number of amides is 1. The molecule has 0 aliphatic rings. The van der Waals surface area contributed by atoms with Crippen LogP contribution in [-0.2, 0) is 11.2 Å². The van der Waals surface area contributed by atoms with Crippen LogP contribution in [-0.4, -0.2) is 13.0 Å². The van der Waals surface area contributed by atoms with Gasteiger partial charge in [-0.05, 0) is 58.2 Å². The Morgan fingerprint density at radius 2 is 2.05 bits per heavy atom. The minimum atomic E-state index is -0.473. The third kappa shape index (κ3) is 4.04. The number of hydrogen-bond donors (Lipinski definition) is 1. The van der Waals surface area contributed by atoms with Crippen LogP contribution >= 0.6 is 15.9 Å². The van der Waals surface area contributed by atoms with E-state index in [0.717, 1.165) is 10.0 Å². The van der Waals surface area contributed by atoms with Gasteiger partial charge in [-0.2, -0.15) is 0 Å². The fraction of sp³-hybridized carbons (Fsp3) is 0.188. The lowest BCUT2D eigenvalue weighted by Gasteiger charge is -2.09. The molecule has 0 unspecified atom stereocenters. The Bertz CT molecular complexity index is 673. The summed E-state index contributed by atoms with van der Waals surface area (Å²) in [6.45, 7) is 1.97. The Morgan fingerprint density at radius 3 is 2.67 bits per heavy atom. The molecule has 0 bridgehead atoms. The number of ether oxygens (including phenoxy) is 1. The molecular formula is C16H15BrFNO2. The molecule has 3 nitrogen and oxygen atoms in total. The van der Waals surface area contributed by atoms with E-state index < -0.39 is 5.82 Å². The number of nitrogens with one attached hydrogen (secondary N) is 1. The fourth-order valence-electron chi connectivity index (χ4n) is 1.92. The molecule has 0 saturated heterocycles. The molecule has 0 atom stereocenters. The van der Waals surface area contributed by atoms with Gasteiger partial charge in [-0.25, -0.2) is 4.39 Å². The molecule has 0 aliphatic heterocycles. The maximum Gasteiger partial charge on any atom is 0.228 e. The number of carbonyl (C=O) groups excluding carboxylic acids is 1. The monoisotopic (exact) mass is 351 g/mol. The molecule has 0 aromatic heterocycles. The predicted octanol–water partition coefficient (Wildman–Crippen LogP) is 4.09. The van der Waals surface area contributed by atoms with E-state index in [1.807, 2.05) is 25.1 Å². The molecule has 5 heteroatoms. The SMILES string of the molecule is COc1ccc(CC(=O)Nc2ccc(C)cc2Br)cc1F. The molecule has 0 fully saturated rings. The van der Waals surface area contributed by atoms with Gasteiger partial charge in [0.1, 0.15) is 0 Å². The van der Waals surface area contributed by atoms with Crippen molar-refractivity contribution in [3.05, 3.63) is 57.8 Å². The molecule has 0 saturated carbocycles. The molecule has 0 spiro atoms. The predicted molar refractivity (Wildman–Crippen MR) is 84.2 cm³/mol. The van der Waals surface area contributed by atoms with Gasteiger partial charge in [0.05, 0.1) is 19.2 Å². The Hall–Kier alpha value is -1.88. The minimum absolute atomic E-state index is 0.0984. The normalized spacial score (nSPS) is 10.3. The second kappa shape index (κ2) is 6.72. The van der Waals surface area contributed by atoms with Crippen LogP contribution in [0.3, 0.4) is 0 Å². The first-order valence-electron chi connectivity index (χ1n) is 6.38. The van der Waals surface area contributed by atoms with Gasteiger partial charge < -0.3 is 10.1 Å². The number of methoxy groups -OCH3 is 1. The quantitative estimate of drug-likeness (QED) is 0.900. The molecule has 2 aromatic carbocycles. The van der Waals surface area contributed by atoms with Crippen molar-refractivity contribution < 1.29 is 13.9 Å².